The first-order valence-electron chi connectivity index (χ1n) is 6.51. The van der Waals surface area contributed by atoms with E-state index in [0.717, 1.165) is 11.4 Å². The van der Waals surface area contributed by atoms with Crippen LogP contribution in [-0.2, 0) is 6.54 Å². The van der Waals surface area contributed by atoms with Crippen LogP contribution in [0.3, 0.4) is 0 Å². The van der Waals surface area contributed by atoms with Gasteiger partial charge >= 0.3 is 0 Å². The summed E-state index contributed by atoms with van der Waals surface area (Å²) in [5.74, 6) is 1.16. The third-order valence-electron chi connectivity index (χ3n) is 3.00. The number of tetrazole rings is 1. The molecule has 0 spiro atoms. The molecule has 1 aromatic carbocycles. The highest BCUT2D eigenvalue weighted by atomic mass is 16.5. The van der Waals surface area contributed by atoms with E-state index in [1.165, 1.54) is 6.26 Å². The molecule has 1 amide bonds. The van der Waals surface area contributed by atoms with E-state index >= 15 is 0 Å². The molecule has 2 heterocycles. The molecular weight excluding hydrogens is 286 g/mol. The van der Waals surface area contributed by atoms with Crippen LogP contribution in [0.15, 0.2) is 47.1 Å². The van der Waals surface area contributed by atoms with Gasteiger partial charge in [0.15, 0.2) is 11.6 Å². The smallest absolute Gasteiger partial charge is 0.287 e. The predicted molar refractivity (Wildman–Crippen MR) is 75.6 cm³/mol. The summed E-state index contributed by atoms with van der Waals surface area (Å²) in [6, 6.07) is 10.5. The maximum Gasteiger partial charge on any atom is 0.287 e. The standard InChI is InChI=1S/C14H13N5O3/c1-21-11-6-4-10(5-7-11)19-13(16-17-18-19)9-15-14(20)12-3-2-8-22-12/h2-8H,9H2,1H3,(H,15,20). The summed E-state index contributed by atoms with van der Waals surface area (Å²) in [7, 11) is 1.60. The number of hydrogen-bond donors (Lipinski definition) is 1. The zero-order valence-electron chi connectivity index (χ0n) is 11.8. The number of nitrogens with zero attached hydrogens (tertiary/aromatic N) is 4. The molecule has 0 bridgehead atoms. The Kier molecular flexibility index (Phi) is 3.82. The molecule has 0 fully saturated rings. The van der Waals surface area contributed by atoms with Crippen LogP contribution < -0.4 is 10.1 Å². The molecule has 22 heavy (non-hydrogen) atoms. The molecule has 0 aliphatic heterocycles. The van der Waals surface area contributed by atoms with Crippen molar-refractivity contribution in [3.8, 4) is 11.4 Å². The van der Waals surface area contributed by atoms with Gasteiger partial charge < -0.3 is 14.5 Å². The number of benzene rings is 1. The minimum atomic E-state index is -0.325. The van der Waals surface area contributed by atoms with E-state index in [-0.39, 0.29) is 18.2 Å². The largest absolute Gasteiger partial charge is 0.497 e. The highest BCUT2D eigenvalue weighted by Gasteiger charge is 2.12. The monoisotopic (exact) mass is 299 g/mol. The van der Waals surface area contributed by atoms with E-state index in [1.54, 1.807) is 23.9 Å². The molecule has 0 unspecified atom stereocenters. The van der Waals surface area contributed by atoms with E-state index in [2.05, 4.69) is 20.8 Å². The van der Waals surface area contributed by atoms with E-state index in [4.69, 9.17) is 9.15 Å². The fourth-order valence-corrected chi connectivity index (χ4v) is 1.89. The van der Waals surface area contributed by atoms with Crippen molar-refractivity contribution in [2.75, 3.05) is 7.11 Å². The normalized spacial score (nSPS) is 10.4. The second-order valence-electron chi connectivity index (χ2n) is 4.36. The predicted octanol–water partition coefficient (Wildman–Crippen LogP) is 1.19. The van der Waals surface area contributed by atoms with E-state index < -0.39 is 0 Å². The Morgan fingerprint density at radius 1 is 1.32 bits per heavy atom. The maximum atomic E-state index is 11.8. The SMILES string of the molecule is COc1ccc(-n2nnnc2CNC(=O)c2ccco2)cc1. The van der Waals surface area contributed by atoms with Crippen LogP contribution in [0.4, 0.5) is 0 Å². The lowest BCUT2D eigenvalue weighted by atomic mass is 10.3. The minimum absolute atomic E-state index is 0.179. The quantitative estimate of drug-likeness (QED) is 0.760. The molecule has 0 radical (unpaired) electrons. The highest BCUT2D eigenvalue weighted by molar-refractivity contribution is 5.91. The summed E-state index contributed by atoms with van der Waals surface area (Å²) in [5.41, 5.74) is 0.771. The average Bonchev–Trinajstić information content (AvgIpc) is 3.24. The molecule has 8 heteroatoms. The first-order chi connectivity index (χ1) is 10.8. The molecule has 0 saturated heterocycles. The Hall–Kier alpha value is -3.16. The number of hydrogen-bond acceptors (Lipinski definition) is 6. The number of carbonyl (C=O) groups excluding carboxylic acids is 1. The van der Waals surface area contributed by atoms with Crippen LogP contribution in [0.2, 0.25) is 0 Å². The number of ether oxygens (including phenoxy) is 1. The first kappa shape index (κ1) is 13.8. The summed E-state index contributed by atoms with van der Waals surface area (Å²) in [5, 5.41) is 14.2. The maximum absolute atomic E-state index is 11.8. The third-order valence-corrected chi connectivity index (χ3v) is 3.00. The van der Waals surface area contributed by atoms with Crippen LogP contribution in [0.1, 0.15) is 16.4 Å². The van der Waals surface area contributed by atoms with Crippen LogP contribution in [-0.4, -0.2) is 33.2 Å². The Balaban J connectivity index is 1.73. The molecular formula is C14H13N5O3. The Labute approximate surface area is 125 Å². The Morgan fingerprint density at radius 3 is 2.82 bits per heavy atom. The van der Waals surface area contributed by atoms with E-state index in [1.807, 2.05) is 24.3 Å². The summed E-state index contributed by atoms with van der Waals surface area (Å²) in [4.78, 5) is 11.8. The molecule has 112 valence electrons. The number of aromatic nitrogens is 4. The Bertz CT molecular complexity index is 749. The van der Waals surface area contributed by atoms with Gasteiger partial charge in [0.1, 0.15) is 5.75 Å². The van der Waals surface area contributed by atoms with Gasteiger partial charge in [-0.25, -0.2) is 0 Å². The molecule has 3 rings (SSSR count). The van der Waals surface area contributed by atoms with Gasteiger partial charge in [-0.2, -0.15) is 4.68 Å². The second kappa shape index (κ2) is 6.08. The molecule has 1 N–H and O–H groups in total. The van der Waals surface area contributed by atoms with Crippen molar-refractivity contribution in [3.63, 3.8) is 0 Å². The van der Waals surface area contributed by atoms with Gasteiger partial charge in [0.25, 0.3) is 5.91 Å². The van der Waals surface area contributed by atoms with Gasteiger partial charge in [-0.15, -0.1) is 5.10 Å². The number of carbonyl (C=O) groups is 1. The van der Waals surface area contributed by atoms with Crippen molar-refractivity contribution in [2.24, 2.45) is 0 Å². The van der Waals surface area contributed by atoms with Gasteiger partial charge in [0.2, 0.25) is 0 Å². The van der Waals surface area contributed by atoms with Crippen LogP contribution in [0, 0.1) is 0 Å². The van der Waals surface area contributed by atoms with Gasteiger partial charge in [-0.3, -0.25) is 4.79 Å². The number of nitrogens with one attached hydrogen (secondary N) is 1. The van der Waals surface area contributed by atoms with Crippen molar-refractivity contribution < 1.29 is 13.9 Å². The van der Waals surface area contributed by atoms with Crippen molar-refractivity contribution in [1.82, 2.24) is 25.5 Å². The van der Waals surface area contributed by atoms with Crippen molar-refractivity contribution in [3.05, 3.63) is 54.2 Å². The van der Waals surface area contributed by atoms with Crippen molar-refractivity contribution in [2.45, 2.75) is 6.54 Å². The summed E-state index contributed by atoms with van der Waals surface area (Å²) >= 11 is 0. The van der Waals surface area contributed by atoms with Crippen molar-refractivity contribution in [1.29, 1.82) is 0 Å². The van der Waals surface area contributed by atoms with E-state index in [0.29, 0.717) is 5.82 Å². The first-order valence-corrected chi connectivity index (χ1v) is 6.51. The van der Waals surface area contributed by atoms with Gasteiger partial charge in [-0.05, 0) is 46.8 Å². The topological polar surface area (TPSA) is 95.1 Å². The van der Waals surface area contributed by atoms with Crippen molar-refractivity contribution >= 4 is 5.91 Å². The number of furan rings is 1. The number of amides is 1. The second-order valence-corrected chi connectivity index (χ2v) is 4.36. The molecule has 0 saturated carbocycles. The lowest BCUT2D eigenvalue weighted by Crippen LogP contribution is -2.24. The summed E-state index contributed by atoms with van der Waals surface area (Å²) < 4.78 is 11.7. The van der Waals surface area contributed by atoms with Gasteiger partial charge in [0.05, 0.1) is 25.6 Å². The van der Waals surface area contributed by atoms with Gasteiger partial charge in [-0.1, -0.05) is 0 Å². The molecule has 0 atom stereocenters. The summed E-state index contributed by atoms with van der Waals surface area (Å²) in [6.45, 7) is 0.179. The van der Waals surface area contributed by atoms with E-state index in [9.17, 15) is 4.79 Å². The zero-order chi connectivity index (χ0) is 15.4. The van der Waals surface area contributed by atoms with Crippen LogP contribution in [0.5, 0.6) is 5.75 Å². The molecule has 0 aliphatic rings. The average molecular weight is 299 g/mol. The molecule has 2 aromatic heterocycles. The third kappa shape index (κ3) is 2.80. The Morgan fingerprint density at radius 2 is 2.14 bits per heavy atom. The number of methoxy groups -OCH3 is 1. The molecule has 0 aliphatic carbocycles. The molecule has 8 nitrogen and oxygen atoms in total. The minimum Gasteiger partial charge on any atom is -0.497 e. The lowest BCUT2D eigenvalue weighted by molar-refractivity contribution is 0.0922. The summed E-state index contributed by atoms with van der Waals surface area (Å²) in [6.07, 6.45) is 1.44. The lowest BCUT2D eigenvalue weighted by Gasteiger charge is -2.06. The molecule has 3 aromatic rings. The van der Waals surface area contributed by atoms with Crippen LogP contribution >= 0.6 is 0 Å². The fourth-order valence-electron chi connectivity index (χ4n) is 1.89. The zero-order valence-corrected chi connectivity index (χ0v) is 11.8. The van der Waals surface area contributed by atoms with Gasteiger partial charge in [0, 0.05) is 0 Å². The fraction of sp³-hybridized carbons (Fsp3) is 0.143. The number of rotatable bonds is 5. The van der Waals surface area contributed by atoms with Crippen LogP contribution in [0.25, 0.3) is 5.69 Å². The highest BCUT2D eigenvalue weighted by Crippen LogP contribution is 2.14.